The minimum Gasteiger partial charge on any atom is -0.481 e. The first-order valence-corrected chi connectivity index (χ1v) is 7.83. The van der Waals surface area contributed by atoms with E-state index >= 15 is 0 Å². The quantitative estimate of drug-likeness (QED) is 0.904. The van der Waals surface area contributed by atoms with Gasteiger partial charge in [-0.05, 0) is 58.0 Å². The summed E-state index contributed by atoms with van der Waals surface area (Å²) >= 11 is 0. The molecule has 1 aromatic carbocycles. The number of hydrogen-bond donors (Lipinski definition) is 1. The average Bonchev–Trinajstić information content (AvgIpc) is 2.50. The Hall–Kier alpha value is -1.55. The summed E-state index contributed by atoms with van der Waals surface area (Å²) in [6, 6.07) is 8.18. The topological polar surface area (TPSA) is 41.6 Å². The standard InChI is InChI=1S/C17H26N2O2/c1-4-14-7-5-6-8-16(14)21-13(2)17(20)18-15-9-11-19(3)12-10-15/h5-8,13,15H,4,9-12H2,1-3H3,(H,18,20)/t13-/m0/s1. The van der Waals surface area contributed by atoms with E-state index in [1.807, 2.05) is 31.2 Å². The fourth-order valence-corrected chi connectivity index (χ4v) is 2.63. The van der Waals surface area contributed by atoms with Crippen molar-refractivity contribution >= 4 is 5.91 Å². The summed E-state index contributed by atoms with van der Waals surface area (Å²) in [6.45, 7) is 5.99. The largest absolute Gasteiger partial charge is 0.481 e. The van der Waals surface area contributed by atoms with Gasteiger partial charge in [-0.2, -0.15) is 0 Å². The van der Waals surface area contributed by atoms with E-state index in [2.05, 4.69) is 24.2 Å². The third-order valence-electron chi connectivity index (χ3n) is 4.09. The number of para-hydroxylation sites is 1. The number of carbonyl (C=O) groups excluding carboxylic acids is 1. The van der Waals surface area contributed by atoms with Crippen LogP contribution in [0.1, 0.15) is 32.3 Å². The van der Waals surface area contributed by atoms with Gasteiger partial charge >= 0.3 is 0 Å². The number of nitrogens with one attached hydrogen (secondary N) is 1. The number of nitrogens with zero attached hydrogens (tertiary/aromatic N) is 1. The summed E-state index contributed by atoms with van der Waals surface area (Å²) in [6.07, 6.45) is 2.47. The second kappa shape index (κ2) is 7.46. The molecule has 1 aromatic rings. The highest BCUT2D eigenvalue weighted by Gasteiger charge is 2.22. The van der Waals surface area contributed by atoms with Gasteiger partial charge in [-0.25, -0.2) is 0 Å². The first-order chi connectivity index (χ1) is 10.1. The predicted molar refractivity (Wildman–Crippen MR) is 84.6 cm³/mol. The van der Waals surface area contributed by atoms with Crippen LogP contribution in [-0.4, -0.2) is 43.1 Å². The zero-order chi connectivity index (χ0) is 15.2. The maximum Gasteiger partial charge on any atom is 0.260 e. The van der Waals surface area contributed by atoms with Crippen molar-refractivity contribution in [1.82, 2.24) is 10.2 Å². The Morgan fingerprint density at radius 1 is 1.38 bits per heavy atom. The molecular formula is C17H26N2O2. The van der Waals surface area contributed by atoms with Crippen LogP contribution in [0.25, 0.3) is 0 Å². The number of ether oxygens (including phenoxy) is 1. The van der Waals surface area contributed by atoms with Crippen LogP contribution in [0.2, 0.25) is 0 Å². The highest BCUT2D eigenvalue weighted by molar-refractivity contribution is 5.81. The van der Waals surface area contributed by atoms with Crippen molar-refractivity contribution in [3.63, 3.8) is 0 Å². The molecule has 1 heterocycles. The molecule has 116 valence electrons. The molecule has 1 aliphatic heterocycles. The Morgan fingerprint density at radius 3 is 2.71 bits per heavy atom. The Labute approximate surface area is 127 Å². The molecule has 0 unspecified atom stereocenters. The minimum atomic E-state index is -0.461. The van der Waals surface area contributed by atoms with Crippen molar-refractivity contribution in [3.8, 4) is 5.75 Å². The van der Waals surface area contributed by atoms with E-state index in [4.69, 9.17) is 4.74 Å². The normalized spacial score (nSPS) is 18.2. The van der Waals surface area contributed by atoms with E-state index in [0.29, 0.717) is 0 Å². The Kier molecular flexibility index (Phi) is 5.62. The molecule has 4 nitrogen and oxygen atoms in total. The summed E-state index contributed by atoms with van der Waals surface area (Å²) in [5.41, 5.74) is 1.14. The van der Waals surface area contributed by atoms with Gasteiger partial charge in [0.05, 0.1) is 0 Å². The molecule has 1 atom stereocenters. The van der Waals surface area contributed by atoms with Crippen molar-refractivity contribution in [2.75, 3.05) is 20.1 Å². The van der Waals surface area contributed by atoms with Crippen LogP contribution in [0.4, 0.5) is 0 Å². The highest BCUT2D eigenvalue weighted by atomic mass is 16.5. The Bertz CT molecular complexity index is 468. The molecule has 0 aliphatic carbocycles. The number of benzene rings is 1. The van der Waals surface area contributed by atoms with Gasteiger partial charge in [-0.3, -0.25) is 4.79 Å². The summed E-state index contributed by atoms with van der Waals surface area (Å²) in [5.74, 6) is 0.793. The maximum atomic E-state index is 12.2. The molecule has 1 amide bonds. The molecule has 2 rings (SSSR count). The lowest BCUT2D eigenvalue weighted by Crippen LogP contribution is -2.47. The summed E-state index contributed by atoms with van der Waals surface area (Å²) in [7, 11) is 2.12. The number of hydrogen-bond acceptors (Lipinski definition) is 3. The number of piperidine rings is 1. The number of carbonyl (C=O) groups is 1. The number of likely N-dealkylation sites (tertiary alicyclic amines) is 1. The second-order valence-electron chi connectivity index (χ2n) is 5.81. The van der Waals surface area contributed by atoms with Crippen molar-refractivity contribution in [1.29, 1.82) is 0 Å². The van der Waals surface area contributed by atoms with E-state index in [9.17, 15) is 4.79 Å². The first-order valence-electron chi connectivity index (χ1n) is 7.83. The summed E-state index contributed by atoms with van der Waals surface area (Å²) in [4.78, 5) is 14.5. The van der Waals surface area contributed by atoms with E-state index in [-0.39, 0.29) is 11.9 Å². The molecule has 1 saturated heterocycles. The van der Waals surface area contributed by atoms with Gasteiger partial charge in [0, 0.05) is 6.04 Å². The average molecular weight is 290 g/mol. The van der Waals surface area contributed by atoms with Crippen LogP contribution < -0.4 is 10.1 Å². The van der Waals surface area contributed by atoms with Crippen LogP contribution >= 0.6 is 0 Å². The molecule has 4 heteroatoms. The molecule has 0 radical (unpaired) electrons. The third-order valence-corrected chi connectivity index (χ3v) is 4.09. The molecule has 1 N–H and O–H groups in total. The van der Waals surface area contributed by atoms with E-state index < -0.39 is 6.10 Å². The number of rotatable bonds is 5. The van der Waals surface area contributed by atoms with Gasteiger partial charge in [-0.1, -0.05) is 25.1 Å². The fourth-order valence-electron chi connectivity index (χ4n) is 2.63. The van der Waals surface area contributed by atoms with Crippen LogP contribution in [0.15, 0.2) is 24.3 Å². The van der Waals surface area contributed by atoms with Gasteiger partial charge in [0.25, 0.3) is 5.91 Å². The number of aryl methyl sites for hydroxylation is 1. The lowest BCUT2D eigenvalue weighted by Gasteiger charge is -2.30. The summed E-state index contributed by atoms with van der Waals surface area (Å²) in [5, 5.41) is 3.11. The van der Waals surface area contributed by atoms with Gasteiger partial charge in [-0.15, -0.1) is 0 Å². The molecule has 0 aromatic heterocycles. The fraction of sp³-hybridized carbons (Fsp3) is 0.588. The molecule has 0 spiro atoms. The zero-order valence-corrected chi connectivity index (χ0v) is 13.3. The van der Waals surface area contributed by atoms with Gasteiger partial charge in [0.15, 0.2) is 6.10 Å². The third kappa shape index (κ3) is 4.46. The Balaban J connectivity index is 1.87. The Morgan fingerprint density at radius 2 is 2.05 bits per heavy atom. The van der Waals surface area contributed by atoms with Gasteiger partial charge in [0.1, 0.15) is 5.75 Å². The molecule has 21 heavy (non-hydrogen) atoms. The molecular weight excluding hydrogens is 264 g/mol. The second-order valence-corrected chi connectivity index (χ2v) is 5.81. The maximum absolute atomic E-state index is 12.2. The van der Waals surface area contributed by atoms with E-state index in [1.54, 1.807) is 0 Å². The van der Waals surface area contributed by atoms with Crippen molar-refractivity contribution in [3.05, 3.63) is 29.8 Å². The molecule has 1 fully saturated rings. The van der Waals surface area contributed by atoms with E-state index in [0.717, 1.165) is 43.7 Å². The molecule has 0 saturated carbocycles. The van der Waals surface area contributed by atoms with Crippen molar-refractivity contribution < 1.29 is 9.53 Å². The predicted octanol–water partition coefficient (Wildman–Crippen LogP) is 2.23. The van der Waals surface area contributed by atoms with Crippen LogP contribution in [0, 0.1) is 0 Å². The number of amides is 1. The first kappa shape index (κ1) is 15.8. The van der Waals surface area contributed by atoms with Crippen molar-refractivity contribution in [2.24, 2.45) is 0 Å². The van der Waals surface area contributed by atoms with Crippen LogP contribution in [0.5, 0.6) is 5.75 Å². The monoisotopic (exact) mass is 290 g/mol. The van der Waals surface area contributed by atoms with Crippen LogP contribution in [-0.2, 0) is 11.2 Å². The van der Waals surface area contributed by atoms with Gasteiger partial charge < -0.3 is 15.0 Å². The highest BCUT2D eigenvalue weighted by Crippen LogP contribution is 2.20. The smallest absolute Gasteiger partial charge is 0.260 e. The SMILES string of the molecule is CCc1ccccc1O[C@@H](C)C(=O)NC1CCN(C)CC1. The lowest BCUT2D eigenvalue weighted by atomic mass is 10.1. The summed E-state index contributed by atoms with van der Waals surface area (Å²) < 4.78 is 5.84. The lowest BCUT2D eigenvalue weighted by molar-refractivity contribution is -0.128. The van der Waals surface area contributed by atoms with Crippen molar-refractivity contribution in [2.45, 2.75) is 45.3 Å². The molecule has 0 bridgehead atoms. The van der Waals surface area contributed by atoms with E-state index in [1.165, 1.54) is 0 Å². The minimum absolute atomic E-state index is 0.0181. The van der Waals surface area contributed by atoms with Crippen LogP contribution in [0.3, 0.4) is 0 Å². The molecule has 1 aliphatic rings. The van der Waals surface area contributed by atoms with Gasteiger partial charge in [0.2, 0.25) is 0 Å². The zero-order valence-electron chi connectivity index (χ0n) is 13.3.